The number of hydrogen-bond acceptors (Lipinski definition) is 2. The first-order chi connectivity index (χ1) is 6.88. The summed E-state index contributed by atoms with van der Waals surface area (Å²) in [6.45, 7) is 8.65. The quantitative estimate of drug-likeness (QED) is 0.670. The molecule has 0 unspecified atom stereocenters. The Morgan fingerprint density at radius 1 is 1.27 bits per heavy atom. The van der Waals surface area contributed by atoms with E-state index < -0.39 is 5.54 Å². The van der Waals surface area contributed by atoms with Crippen molar-refractivity contribution in [1.82, 2.24) is 9.80 Å². The van der Waals surface area contributed by atoms with Gasteiger partial charge in [-0.2, -0.15) is 0 Å². The van der Waals surface area contributed by atoms with E-state index in [1.807, 2.05) is 20.8 Å². The van der Waals surface area contributed by atoms with E-state index in [-0.39, 0.29) is 18.5 Å². The Bertz CT molecular complexity index is 268. The van der Waals surface area contributed by atoms with Crippen molar-refractivity contribution >= 4 is 11.9 Å². The van der Waals surface area contributed by atoms with Crippen LogP contribution >= 0.6 is 0 Å². The van der Waals surface area contributed by atoms with Gasteiger partial charge in [0.15, 0.2) is 0 Å². The molecule has 4 heteroatoms. The van der Waals surface area contributed by atoms with Crippen LogP contribution in [-0.4, -0.2) is 40.4 Å². The number of amides is 3. The van der Waals surface area contributed by atoms with Gasteiger partial charge in [0.1, 0.15) is 6.54 Å². The Hall–Kier alpha value is -1.06. The van der Waals surface area contributed by atoms with Crippen molar-refractivity contribution in [2.45, 2.75) is 46.1 Å². The highest BCUT2D eigenvalue weighted by Gasteiger charge is 2.41. The second-order valence-electron chi connectivity index (χ2n) is 4.96. The van der Waals surface area contributed by atoms with E-state index >= 15 is 0 Å². The Labute approximate surface area is 91.2 Å². The van der Waals surface area contributed by atoms with Gasteiger partial charge in [0, 0.05) is 12.1 Å². The average Bonchev–Trinajstić information content (AvgIpc) is 2.36. The summed E-state index contributed by atoms with van der Waals surface area (Å²) >= 11 is 0. The molecule has 1 saturated heterocycles. The van der Waals surface area contributed by atoms with Crippen molar-refractivity contribution in [3.63, 3.8) is 0 Å². The van der Waals surface area contributed by atoms with Crippen molar-refractivity contribution in [2.75, 3.05) is 13.1 Å². The lowest BCUT2D eigenvalue weighted by atomic mass is 10.1. The summed E-state index contributed by atoms with van der Waals surface area (Å²) in [6.07, 6.45) is 1.99. The van der Waals surface area contributed by atoms with Crippen LogP contribution in [0.5, 0.6) is 0 Å². The molecule has 0 aromatic rings. The second kappa shape index (κ2) is 4.21. The summed E-state index contributed by atoms with van der Waals surface area (Å²) in [4.78, 5) is 26.6. The molecule has 0 atom stereocenters. The zero-order valence-corrected chi connectivity index (χ0v) is 10.0. The third-order valence-corrected chi connectivity index (χ3v) is 2.49. The van der Waals surface area contributed by atoms with E-state index in [9.17, 15) is 9.59 Å². The van der Waals surface area contributed by atoms with Gasteiger partial charge in [-0.05, 0) is 27.2 Å². The lowest BCUT2D eigenvalue weighted by molar-refractivity contribution is -0.128. The Morgan fingerprint density at radius 3 is 2.27 bits per heavy atom. The SMILES string of the molecule is CCCCN1CC(=O)N(C(C)(C)C)C1=O. The van der Waals surface area contributed by atoms with Gasteiger partial charge in [-0.1, -0.05) is 13.3 Å². The van der Waals surface area contributed by atoms with Gasteiger partial charge in [-0.15, -0.1) is 0 Å². The molecule has 0 aliphatic carbocycles. The molecule has 0 aromatic carbocycles. The number of carbonyl (C=O) groups is 2. The molecular formula is C11H20N2O2. The maximum atomic E-state index is 11.9. The summed E-state index contributed by atoms with van der Waals surface area (Å²) in [7, 11) is 0. The van der Waals surface area contributed by atoms with Crippen molar-refractivity contribution in [1.29, 1.82) is 0 Å². The zero-order valence-electron chi connectivity index (χ0n) is 10.0. The summed E-state index contributed by atoms with van der Waals surface area (Å²) in [5, 5.41) is 0. The highest BCUT2D eigenvalue weighted by Crippen LogP contribution is 2.21. The van der Waals surface area contributed by atoms with Gasteiger partial charge in [0.2, 0.25) is 0 Å². The number of urea groups is 1. The van der Waals surface area contributed by atoms with Crippen LogP contribution in [0, 0.1) is 0 Å². The minimum absolute atomic E-state index is 0.0800. The fourth-order valence-corrected chi connectivity index (χ4v) is 1.73. The molecule has 0 spiro atoms. The smallest absolute Gasteiger partial charge is 0.315 e. The molecule has 0 saturated carbocycles. The number of nitrogens with zero attached hydrogens (tertiary/aromatic N) is 2. The molecular weight excluding hydrogens is 192 g/mol. The van der Waals surface area contributed by atoms with Crippen LogP contribution < -0.4 is 0 Å². The van der Waals surface area contributed by atoms with E-state index in [1.54, 1.807) is 4.90 Å². The molecule has 15 heavy (non-hydrogen) atoms. The van der Waals surface area contributed by atoms with Crippen LogP contribution in [0.4, 0.5) is 4.79 Å². The van der Waals surface area contributed by atoms with E-state index in [2.05, 4.69) is 6.92 Å². The summed E-state index contributed by atoms with van der Waals surface area (Å²) in [5.74, 6) is -0.0800. The highest BCUT2D eigenvalue weighted by molar-refractivity contribution is 6.02. The van der Waals surface area contributed by atoms with Crippen LogP contribution in [0.15, 0.2) is 0 Å². The van der Waals surface area contributed by atoms with Crippen LogP contribution in [0.25, 0.3) is 0 Å². The molecule has 0 aromatic heterocycles. The van der Waals surface area contributed by atoms with Crippen molar-refractivity contribution in [3.05, 3.63) is 0 Å². The number of hydrogen-bond donors (Lipinski definition) is 0. The van der Waals surface area contributed by atoms with Crippen LogP contribution in [0.1, 0.15) is 40.5 Å². The maximum absolute atomic E-state index is 11.9. The highest BCUT2D eigenvalue weighted by atomic mass is 16.2. The summed E-state index contributed by atoms with van der Waals surface area (Å²) in [6, 6.07) is -0.138. The second-order valence-corrected chi connectivity index (χ2v) is 4.96. The van der Waals surface area contributed by atoms with Crippen molar-refractivity contribution in [2.24, 2.45) is 0 Å². The summed E-state index contributed by atoms with van der Waals surface area (Å²) in [5.41, 5.74) is -0.408. The average molecular weight is 212 g/mol. The molecule has 1 rings (SSSR count). The molecule has 1 aliphatic rings. The van der Waals surface area contributed by atoms with Gasteiger partial charge in [0.25, 0.3) is 5.91 Å². The fraction of sp³-hybridized carbons (Fsp3) is 0.818. The molecule has 1 aliphatic heterocycles. The Kier molecular flexibility index (Phi) is 3.37. The third kappa shape index (κ3) is 2.49. The minimum Gasteiger partial charge on any atom is -0.315 e. The summed E-state index contributed by atoms with van der Waals surface area (Å²) < 4.78 is 0. The first kappa shape index (κ1) is 12.0. The van der Waals surface area contributed by atoms with Crippen LogP contribution in [-0.2, 0) is 4.79 Å². The van der Waals surface area contributed by atoms with E-state index in [4.69, 9.17) is 0 Å². The Balaban J connectivity index is 2.71. The van der Waals surface area contributed by atoms with Gasteiger partial charge in [0.05, 0.1) is 0 Å². The fourth-order valence-electron chi connectivity index (χ4n) is 1.73. The van der Waals surface area contributed by atoms with E-state index in [0.717, 1.165) is 12.8 Å². The van der Waals surface area contributed by atoms with Crippen LogP contribution in [0.2, 0.25) is 0 Å². The maximum Gasteiger partial charge on any atom is 0.327 e. The van der Waals surface area contributed by atoms with Gasteiger partial charge in [-0.3, -0.25) is 9.69 Å². The third-order valence-electron chi connectivity index (χ3n) is 2.49. The molecule has 1 fully saturated rings. The lowest BCUT2D eigenvalue weighted by Gasteiger charge is -2.29. The molecule has 3 amide bonds. The van der Waals surface area contributed by atoms with Crippen LogP contribution in [0.3, 0.4) is 0 Å². The topological polar surface area (TPSA) is 40.6 Å². The number of imide groups is 1. The molecule has 86 valence electrons. The van der Waals surface area contributed by atoms with E-state index in [1.165, 1.54) is 4.90 Å². The standard InChI is InChI=1S/C11H20N2O2/c1-5-6-7-12-8-9(14)13(10(12)15)11(2,3)4/h5-8H2,1-4H3. The monoisotopic (exact) mass is 212 g/mol. The van der Waals surface area contributed by atoms with Gasteiger partial charge >= 0.3 is 6.03 Å². The number of carbonyl (C=O) groups excluding carboxylic acids is 2. The normalized spacial score (nSPS) is 17.9. The zero-order chi connectivity index (χ0) is 11.6. The van der Waals surface area contributed by atoms with Crippen molar-refractivity contribution in [3.8, 4) is 0 Å². The first-order valence-electron chi connectivity index (χ1n) is 5.50. The largest absolute Gasteiger partial charge is 0.327 e. The minimum atomic E-state index is -0.408. The molecule has 4 nitrogen and oxygen atoms in total. The molecule has 0 N–H and O–H groups in total. The number of unbranched alkanes of at least 4 members (excludes halogenated alkanes) is 1. The molecule has 1 heterocycles. The predicted octanol–water partition coefficient (Wildman–Crippen LogP) is 1.85. The molecule has 0 bridgehead atoms. The number of rotatable bonds is 3. The lowest BCUT2D eigenvalue weighted by Crippen LogP contribution is -2.46. The van der Waals surface area contributed by atoms with Gasteiger partial charge < -0.3 is 4.90 Å². The van der Waals surface area contributed by atoms with Crippen molar-refractivity contribution < 1.29 is 9.59 Å². The van der Waals surface area contributed by atoms with Gasteiger partial charge in [-0.25, -0.2) is 4.79 Å². The first-order valence-corrected chi connectivity index (χ1v) is 5.50. The Morgan fingerprint density at radius 2 is 1.87 bits per heavy atom. The predicted molar refractivity (Wildman–Crippen MR) is 58.5 cm³/mol. The molecule has 0 radical (unpaired) electrons. The van der Waals surface area contributed by atoms with E-state index in [0.29, 0.717) is 6.54 Å².